The highest BCUT2D eigenvalue weighted by Crippen LogP contribution is 2.44. The van der Waals surface area contributed by atoms with Gasteiger partial charge in [0.15, 0.2) is 0 Å². The predicted octanol–water partition coefficient (Wildman–Crippen LogP) is 2.80. The van der Waals surface area contributed by atoms with E-state index in [0.29, 0.717) is 6.07 Å². The third-order valence-corrected chi connectivity index (χ3v) is 3.92. The van der Waals surface area contributed by atoms with E-state index in [-0.39, 0.29) is 5.56 Å². The Labute approximate surface area is 108 Å². The van der Waals surface area contributed by atoms with Crippen molar-refractivity contribution in [3.63, 3.8) is 0 Å². The van der Waals surface area contributed by atoms with Gasteiger partial charge in [0.1, 0.15) is 10.6 Å². The van der Waals surface area contributed by atoms with Crippen molar-refractivity contribution < 1.29 is 26.7 Å². The average Bonchev–Trinajstić information content (AvgIpc) is 2.11. The van der Waals surface area contributed by atoms with Crippen LogP contribution in [0.1, 0.15) is 5.56 Å². The zero-order valence-electron chi connectivity index (χ0n) is 8.19. The smallest absolute Gasteiger partial charge is 0.446 e. The largest absolute Gasteiger partial charge is 0.506 e. The van der Waals surface area contributed by atoms with Crippen molar-refractivity contribution in [2.45, 2.75) is 15.3 Å². The number of rotatable bonds is 2. The van der Waals surface area contributed by atoms with Crippen LogP contribution in [0.2, 0.25) is 0 Å². The van der Waals surface area contributed by atoms with Crippen molar-refractivity contribution in [2.24, 2.45) is 0 Å². The van der Waals surface area contributed by atoms with Gasteiger partial charge in [-0.2, -0.15) is 18.4 Å². The van der Waals surface area contributed by atoms with Gasteiger partial charge >= 0.3 is 5.51 Å². The average molecular weight is 318 g/mol. The second-order valence-corrected chi connectivity index (χ2v) is 6.53. The number of benzene rings is 1. The summed E-state index contributed by atoms with van der Waals surface area (Å²) in [6.45, 7) is 0. The number of halogens is 4. The molecule has 0 radical (unpaired) electrons. The number of hydrogen-bond acceptors (Lipinski definition) is 5. The quantitative estimate of drug-likeness (QED) is 0.670. The van der Waals surface area contributed by atoms with Crippen LogP contribution in [0.3, 0.4) is 0 Å². The Morgan fingerprint density at radius 3 is 2.33 bits per heavy atom. The molecule has 0 aromatic heterocycles. The maximum atomic E-state index is 12.2. The fourth-order valence-electron chi connectivity index (χ4n) is 1.10. The molecule has 10 heteroatoms. The van der Waals surface area contributed by atoms with E-state index in [0.717, 1.165) is 6.07 Å². The van der Waals surface area contributed by atoms with Gasteiger partial charge in [0, 0.05) is 15.6 Å². The van der Waals surface area contributed by atoms with Crippen LogP contribution in [0.4, 0.5) is 13.2 Å². The molecule has 0 unspecified atom stereocenters. The van der Waals surface area contributed by atoms with E-state index in [9.17, 15) is 26.7 Å². The van der Waals surface area contributed by atoms with E-state index < -0.39 is 41.9 Å². The fourth-order valence-corrected chi connectivity index (χ4v) is 3.42. The topological polar surface area (TPSA) is 78.2 Å². The maximum absolute atomic E-state index is 12.2. The van der Waals surface area contributed by atoms with Gasteiger partial charge in [-0.1, -0.05) is 0 Å². The van der Waals surface area contributed by atoms with Crippen LogP contribution in [-0.2, 0) is 9.05 Å². The Morgan fingerprint density at radius 2 is 1.94 bits per heavy atom. The van der Waals surface area contributed by atoms with Gasteiger partial charge in [-0.25, -0.2) is 8.42 Å². The lowest BCUT2D eigenvalue weighted by Crippen LogP contribution is -2.03. The Hall–Kier alpha value is -1.11. The molecule has 1 aromatic rings. The standard InChI is InChI=1S/C8H3ClF3NO3S2/c9-18(15,16)7-5(14)1-4(3-13)2-6(7)17-8(10,11)12/h1-2,14H. The van der Waals surface area contributed by atoms with Gasteiger partial charge in [-0.15, -0.1) is 0 Å². The van der Waals surface area contributed by atoms with E-state index >= 15 is 0 Å². The molecule has 0 aliphatic rings. The van der Waals surface area contributed by atoms with Crippen LogP contribution < -0.4 is 0 Å². The molecular weight excluding hydrogens is 315 g/mol. The van der Waals surface area contributed by atoms with Gasteiger partial charge < -0.3 is 5.11 Å². The number of nitriles is 1. The molecule has 0 heterocycles. The number of aromatic hydroxyl groups is 1. The van der Waals surface area contributed by atoms with Crippen LogP contribution in [0.15, 0.2) is 21.9 Å². The van der Waals surface area contributed by atoms with E-state index in [1.54, 1.807) is 0 Å². The van der Waals surface area contributed by atoms with Crippen molar-refractivity contribution in [2.75, 3.05) is 0 Å². The highest BCUT2D eigenvalue weighted by molar-refractivity contribution is 8.14. The summed E-state index contributed by atoms with van der Waals surface area (Å²) in [6, 6.07) is 2.90. The summed E-state index contributed by atoms with van der Waals surface area (Å²) in [4.78, 5) is -1.92. The van der Waals surface area contributed by atoms with Crippen LogP contribution >= 0.6 is 22.4 Å². The third kappa shape index (κ3) is 3.69. The zero-order valence-corrected chi connectivity index (χ0v) is 10.6. The first-order valence-electron chi connectivity index (χ1n) is 4.02. The number of phenols is 1. The van der Waals surface area contributed by atoms with E-state index in [2.05, 4.69) is 0 Å². The SMILES string of the molecule is N#Cc1cc(O)c(S(=O)(=O)Cl)c(SC(F)(F)F)c1. The first-order chi connectivity index (χ1) is 8.04. The number of alkyl halides is 3. The van der Waals surface area contributed by atoms with Gasteiger partial charge in [0.05, 0.1) is 11.6 Å². The van der Waals surface area contributed by atoms with Crippen molar-refractivity contribution in [3.05, 3.63) is 17.7 Å². The molecule has 1 N–H and O–H groups in total. The van der Waals surface area contributed by atoms with Crippen molar-refractivity contribution in [3.8, 4) is 11.8 Å². The van der Waals surface area contributed by atoms with Crippen molar-refractivity contribution >= 4 is 31.5 Å². The highest BCUT2D eigenvalue weighted by Gasteiger charge is 2.34. The predicted molar refractivity (Wildman–Crippen MR) is 57.8 cm³/mol. The molecular formula is C8H3ClF3NO3S2. The van der Waals surface area contributed by atoms with Crippen molar-refractivity contribution in [1.29, 1.82) is 5.26 Å². The molecule has 1 aromatic carbocycles. The minimum atomic E-state index is -4.78. The molecule has 0 amide bonds. The van der Waals surface area contributed by atoms with Gasteiger partial charge in [-0.3, -0.25) is 0 Å². The molecule has 0 fully saturated rings. The summed E-state index contributed by atoms with van der Waals surface area (Å²) in [5, 5.41) is 17.9. The molecule has 0 atom stereocenters. The second kappa shape index (κ2) is 4.87. The van der Waals surface area contributed by atoms with Gasteiger partial charge in [0.2, 0.25) is 0 Å². The van der Waals surface area contributed by atoms with Gasteiger partial charge in [0.25, 0.3) is 9.05 Å². The molecule has 0 saturated heterocycles. The summed E-state index contributed by atoms with van der Waals surface area (Å²) in [5.74, 6) is -1.00. The van der Waals surface area contributed by atoms with Crippen LogP contribution in [-0.4, -0.2) is 19.0 Å². The number of hydrogen-bond donors (Lipinski definition) is 1. The highest BCUT2D eigenvalue weighted by atomic mass is 35.7. The third-order valence-electron chi connectivity index (χ3n) is 1.63. The van der Waals surface area contributed by atoms with Crippen LogP contribution in [0, 0.1) is 11.3 Å². The first-order valence-corrected chi connectivity index (χ1v) is 7.14. The first kappa shape index (κ1) is 14.9. The van der Waals surface area contributed by atoms with Crippen molar-refractivity contribution in [1.82, 2.24) is 0 Å². The lowest BCUT2D eigenvalue weighted by atomic mass is 10.2. The summed E-state index contributed by atoms with van der Waals surface area (Å²) >= 11 is -0.777. The Kier molecular flexibility index (Phi) is 4.05. The summed E-state index contributed by atoms with van der Waals surface area (Å²) in [5.41, 5.74) is -5.10. The van der Waals surface area contributed by atoms with Crippen LogP contribution in [0.5, 0.6) is 5.75 Å². The molecule has 0 aliphatic carbocycles. The lowest BCUT2D eigenvalue weighted by molar-refractivity contribution is -0.0328. The summed E-state index contributed by atoms with van der Waals surface area (Å²) in [6.07, 6.45) is 0. The second-order valence-electron chi connectivity index (χ2n) is 2.92. The van der Waals surface area contributed by atoms with Crippen LogP contribution in [0.25, 0.3) is 0 Å². The fraction of sp³-hybridized carbons (Fsp3) is 0.125. The maximum Gasteiger partial charge on any atom is 0.446 e. The van der Waals surface area contributed by atoms with E-state index in [1.807, 2.05) is 0 Å². The van der Waals surface area contributed by atoms with E-state index in [1.165, 1.54) is 6.07 Å². The molecule has 0 spiro atoms. The molecule has 4 nitrogen and oxygen atoms in total. The molecule has 0 saturated carbocycles. The minimum absolute atomic E-state index is 0.316. The Morgan fingerprint density at radius 1 is 1.39 bits per heavy atom. The normalized spacial score (nSPS) is 12.2. The number of thioether (sulfide) groups is 1. The molecule has 18 heavy (non-hydrogen) atoms. The molecule has 0 bridgehead atoms. The van der Waals surface area contributed by atoms with Gasteiger partial charge in [-0.05, 0) is 23.9 Å². The number of phenolic OH excluding ortho intramolecular Hbond substituents is 1. The monoisotopic (exact) mass is 317 g/mol. The lowest BCUT2D eigenvalue weighted by Gasteiger charge is -2.10. The summed E-state index contributed by atoms with van der Waals surface area (Å²) in [7, 11) is 0.372. The molecule has 1 rings (SSSR count). The Bertz CT molecular complexity index is 622. The number of nitrogens with zero attached hydrogens (tertiary/aromatic N) is 1. The molecule has 98 valence electrons. The molecule has 0 aliphatic heterocycles. The summed E-state index contributed by atoms with van der Waals surface area (Å²) < 4.78 is 58.9. The van der Waals surface area contributed by atoms with E-state index in [4.69, 9.17) is 15.9 Å². The minimum Gasteiger partial charge on any atom is -0.506 e. The Balaban J connectivity index is 3.55. The zero-order chi connectivity index (χ0) is 14.1.